The van der Waals surface area contributed by atoms with Crippen LogP contribution in [0.4, 0.5) is 23.7 Å². The summed E-state index contributed by atoms with van der Waals surface area (Å²) in [5.41, 5.74) is 0.0951. The first-order valence-corrected chi connectivity index (χ1v) is 12.2. The van der Waals surface area contributed by atoms with Gasteiger partial charge in [0.2, 0.25) is 0 Å². The number of amides is 4. The number of carbonyl (C=O) groups excluding carboxylic acids is 3. The summed E-state index contributed by atoms with van der Waals surface area (Å²) in [6.45, 7) is 3.19. The van der Waals surface area contributed by atoms with E-state index in [1.807, 2.05) is 0 Å². The highest BCUT2D eigenvalue weighted by Crippen LogP contribution is 2.36. The quantitative estimate of drug-likeness (QED) is 0.469. The van der Waals surface area contributed by atoms with E-state index in [1.165, 1.54) is 17.8 Å². The summed E-state index contributed by atoms with van der Waals surface area (Å²) in [5, 5.41) is 8.79. The number of aromatic nitrogens is 4. The van der Waals surface area contributed by atoms with Crippen LogP contribution in [0.3, 0.4) is 0 Å². The summed E-state index contributed by atoms with van der Waals surface area (Å²) in [6.07, 6.45) is 2.80. The molecule has 0 bridgehead atoms. The Labute approximate surface area is 227 Å². The highest BCUT2D eigenvalue weighted by Gasteiger charge is 2.38. The van der Waals surface area contributed by atoms with E-state index in [0.717, 1.165) is 10.9 Å². The van der Waals surface area contributed by atoms with Crippen molar-refractivity contribution in [2.75, 3.05) is 38.5 Å². The van der Waals surface area contributed by atoms with Gasteiger partial charge in [0.15, 0.2) is 11.5 Å². The average Bonchev–Trinajstić information content (AvgIpc) is 3.51. The van der Waals surface area contributed by atoms with E-state index in [4.69, 9.17) is 6.42 Å². The Morgan fingerprint density at radius 3 is 2.40 bits per heavy atom. The zero-order valence-electron chi connectivity index (χ0n) is 22.0. The van der Waals surface area contributed by atoms with Gasteiger partial charge in [0.25, 0.3) is 11.8 Å². The molecule has 1 fully saturated rings. The first kappa shape index (κ1) is 28.2. The number of aryl methyl sites for hydroxylation is 1. The number of hydrogen-bond donors (Lipinski definition) is 2. The predicted octanol–water partition coefficient (Wildman–Crippen LogP) is 2.59. The van der Waals surface area contributed by atoms with Crippen molar-refractivity contribution in [3.05, 3.63) is 53.2 Å². The van der Waals surface area contributed by atoms with Crippen molar-refractivity contribution >= 4 is 23.5 Å². The van der Waals surface area contributed by atoms with E-state index in [0.29, 0.717) is 43.0 Å². The number of nitrogens with zero attached hydrogens (tertiary/aromatic N) is 6. The minimum absolute atomic E-state index is 0.0365. The lowest BCUT2D eigenvalue weighted by Crippen LogP contribution is -2.52. The third-order valence-electron chi connectivity index (χ3n) is 6.53. The molecule has 1 aliphatic heterocycles. The number of benzene rings is 1. The fourth-order valence-electron chi connectivity index (χ4n) is 4.47. The molecule has 2 N–H and O–H groups in total. The molecule has 0 radical (unpaired) electrons. The maximum atomic E-state index is 13.6. The van der Waals surface area contributed by atoms with E-state index < -0.39 is 17.8 Å². The molecule has 14 heteroatoms. The van der Waals surface area contributed by atoms with Crippen LogP contribution in [-0.2, 0) is 19.8 Å². The molecule has 210 valence electrons. The van der Waals surface area contributed by atoms with Gasteiger partial charge in [-0.15, -0.1) is 6.42 Å². The lowest BCUT2D eigenvalue weighted by Gasteiger charge is -2.34. The summed E-state index contributed by atoms with van der Waals surface area (Å²) in [7, 11) is 2.98. The molecule has 4 rings (SSSR count). The van der Waals surface area contributed by atoms with Crippen LogP contribution in [0.1, 0.15) is 32.2 Å². The third-order valence-corrected chi connectivity index (χ3v) is 6.53. The van der Waals surface area contributed by atoms with Crippen LogP contribution in [0.25, 0.3) is 11.3 Å². The highest BCUT2D eigenvalue weighted by molar-refractivity contribution is 6.03. The lowest BCUT2D eigenvalue weighted by atomic mass is 10.1. The number of nitrogens with one attached hydrogen (secondary N) is 2. The van der Waals surface area contributed by atoms with Crippen molar-refractivity contribution in [1.29, 1.82) is 0 Å². The fourth-order valence-corrected chi connectivity index (χ4v) is 4.47. The number of anilines is 1. The Balaban J connectivity index is 1.49. The van der Waals surface area contributed by atoms with Gasteiger partial charge in [-0.05, 0) is 30.7 Å². The number of piperazine rings is 1. The minimum Gasteiger partial charge on any atom is -0.341 e. The molecule has 40 heavy (non-hydrogen) atoms. The van der Waals surface area contributed by atoms with Gasteiger partial charge in [-0.25, -0.2) is 9.78 Å². The van der Waals surface area contributed by atoms with Crippen molar-refractivity contribution in [1.82, 2.24) is 34.4 Å². The molecule has 3 heterocycles. The Morgan fingerprint density at radius 1 is 1.12 bits per heavy atom. The molecule has 1 saturated heterocycles. The molecule has 0 spiro atoms. The fraction of sp³-hybridized carbons (Fsp3) is 0.346. The zero-order chi connectivity index (χ0) is 29.2. The summed E-state index contributed by atoms with van der Waals surface area (Å²) in [5.74, 6) is 1.28. The first-order valence-electron chi connectivity index (χ1n) is 12.2. The van der Waals surface area contributed by atoms with Gasteiger partial charge in [-0.1, -0.05) is 5.92 Å². The van der Waals surface area contributed by atoms with Gasteiger partial charge in [0.05, 0.1) is 17.5 Å². The number of rotatable bonds is 5. The van der Waals surface area contributed by atoms with E-state index in [2.05, 4.69) is 26.6 Å². The SMILES string of the molecule is C#CCn1cc(-c2cnc(C(=O)Nc3ccc(C(=O)N4CCN(C(=O)NC)CC4)c(C)c3)n2C)c(C(F)(F)F)n1. The molecule has 0 unspecified atom stereocenters. The minimum atomic E-state index is -4.74. The normalized spacial score (nSPS) is 13.6. The number of hydrogen-bond acceptors (Lipinski definition) is 5. The number of imidazole rings is 1. The van der Waals surface area contributed by atoms with Crippen molar-refractivity contribution in [2.24, 2.45) is 7.05 Å². The van der Waals surface area contributed by atoms with E-state index in [9.17, 15) is 27.6 Å². The van der Waals surface area contributed by atoms with Crippen LogP contribution in [0.15, 0.2) is 30.6 Å². The molecule has 0 atom stereocenters. The van der Waals surface area contributed by atoms with Crippen LogP contribution >= 0.6 is 0 Å². The summed E-state index contributed by atoms with van der Waals surface area (Å²) < 4.78 is 43.0. The van der Waals surface area contributed by atoms with Gasteiger partial charge in [-0.2, -0.15) is 18.3 Å². The van der Waals surface area contributed by atoms with Gasteiger partial charge >= 0.3 is 12.2 Å². The Kier molecular flexibility index (Phi) is 7.85. The molecular weight excluding hydrogens is 529 g/mol. The first-order chi connectivity index (χ1) is 18.9. The van der Waals surface area contributed by atoms with E-state index >= 15 is 0 Å². The molecule has 4 amide bonds. The van der Waals surface area contributed by atoms with Crippen molar-refractivity contribution < 1.29 is 27.6 Å². The summed E-state index contributed by atoms with van der Waals surface area (Å²) >= 11 is 0. The standard InChI is InChI=1S/C26H27F3N8O3/c1-5-8-37-15-19(21(33-37)26(27,28)29)20-14-31-22(34(20)4)23(38)32-17-6-7-18(16(2)13-17)24(39)35-9-11-36(12-10-35)25(40)30-3/h1,6-7,13-15H,8-12H2,2-4H3,(H,30,40)(H,32,38). The van der Waals surface area contributed by atoms with Gasteiger partial charge in [-0.3, -0.25) is 14.3 Å². The number of terminal acetylenes is 1. The molecule has 1 aliphatic rings. The van der Waals surface area contributed by atoms with Gasteiger partial charge in [0, 0.05) is 57.7 Å². The topological polar surface area (TPSA) is 117 Å². The van der Waals surface area contributed by atoms with Crippen LogP contribution in [0.2, 0.25) is 0 Å². The lowest BCUT2D eigenvalue weighted by molar-refractivity contribution is -0.141. The predicted molar refractivity (Wildman–Crippen MR) is 139 cm³/mol. The summed E-state index contributed by atoms with van der Waals surface area (Å²) in [4.78, 5) is 45.1. The smallest absolute Gasteiger partial charge is 0.341 e. The van der Waals surface area contributed by atoms with Crippen LogP contribution < -0.4 is 10.6 Å². The number of urea groups is 1. The molecule has 3 aromatic rings. The third kappa shape index (κ3) is 5.63. The second kappa shape index (κ2) is 11.1. The number of alkyl halides is 3. The van der Waals surface area contributed by atoms with Crippen LogP contribution in [0, 0.1) is 19.3 Å². The maximum Gasteiger partial charge on any atom is 0.435 e. The van der Waals surface area contributed by atoms with E-state index in [1.54, 1.807) is 42.0 Å². The maximum absolute atomic E-state index is 13.6. The molecule has 11 nitrogen and oxygen atoms in total. The highest BCUT2D eigenvalue weighted by atomic mass is 19.4. The van der Waals surface area contributed by atoms with Crippen LogP contribution in [0.5, 0.6) is 0 Å². The van der Waals surface area contributed by atoms with Crippen molar-refractivity contribution in [3.8, 4) is 23.6 Å². The van der Waals surface area contributed by atoms with Gasteiger partial charge in [0.1, 0.15) is 6.54 Å². The molecule has 0 saturated carbocycles. The molecule has 2 aromatic heterocycles. The monoisotopic (exact) mass is 556 g/mol. The van der Waals surface area contributed by atoms with Crippen LogP contribution in [-0.4, -0.2) is 80.2 Å². The second-order valence-electron chi connectivity index (χ2n) is 9.14. The molecular formula is C26H27F3N8O3. The molecule has 1 aromatic carbocycles. The van der Waals surface area contributed by atoms with Crippen molar-refractivity contribution in [2.45, 2.75) is 19.6 Å². The second-order valence-corrected chi connectivity index (χ2v) is 9.14. The largest absolute Gasteiger partial charge is 0.435 e. The van der Waals surface area contributed by atoms with E-state index in [-0.39, 0.29) is 35.6 Å². The van der Waals surface area contributed by atoms with Gasteiger partial charge < -0.3 is 25.0 Å². The number of halogens is 3. The Hall–Kier alpha value is -4.80. The Morgan fingerprint density at radius 2 is 1.80 bits per heavy atom. The average molecular weight is 557 g/mol. The zero-order valence-corrected chi connectivity index (χ0v) is 22.0. The summed E-state index contributed by atoms with van der Waals surface area (Å²) in [6, 6.07) is 4.59. The Bertz CT molecular complexity index is 1490. The molecule has 0 aliphatic carbocycles. The number of carbonyl (C=O) groups is 3. The van der Waals surface area contributed by atoms with Crippen molar-refractivity contribution in [3.63, 3.8) is 0 Å².